The molecule has 0 aromatic rings. The lowest BCUT2D eigenvalue weighted by Gasteiger charge is -2.15. The number of ether oxygens (including phenoxy) is 1. The molecule has 0 aliphatic rings. The van der Waals surface area contributed by atoms with E-state index in [1.165, 1.54) is 0 Å². The van der Waals surface area contributed by atoms with E-state index in [9.17, 15) is 26.7 Å². The van der Waals surface area contributed by atoms with Crippen molar-refractivity contribution in [3.05, 3.63) is 0 Å². The summed E-state index contributed by atoms with van der Waals surface area (Å²) in [7, 11) is 0. The van der Waals surface area contributed by atoms with Crippen LogP contribution >= 0.6 is 0 Å². The van der Waals surface area contributed by atoms with Crippen molar-refractivity contribution >= 4 is 5.97 Å². The molecule has 0 amide bonds. The second-order valence-electron chi connectivity index (χ2n) is 4.34. The quantitative estimate of drug-likeness (QED) is 0.355. The largest absolute Gasteiger partial charge is 0.466 e. The molecule has 2 nitrogen and oxygen atoms in total. The van der Waals surface area contributed by atoms with E-state index in [0.29, 0.717) is 0 Å². The molecule has 0 aromatic heterocycles. The zero-order valence-corrected chi connectivity index (χ0v) is 10.9. The molecule has 0 bridgehead atoms. The maximum atomic E-state index is 13.3. The average Bonchev–Trinajstić information content (AvgIpc) is 2.25. The Kier molecular flexibility index (Phi) is 7.94. The molecule has 0 heterocycles. The fourth-order valence-corrected chi connectivity index (χ4v) is 1.53. The normalized spacial score (nSPS) is 12.5. The molecule has 0 spiro atoms. The highest BCUT2D eigenvalue weighted by Crippen LogP contribution is 2.28. The highest BCUT2D eigenvalue weighted by molar-refractivity contribution is 5.69. The van der Waals surface area contributed by atoms with Crippen molar-refractivity contribution in [2.75, 3.05) is 6.61 Å². The van der Waals surface area contributed by atoms with E-state index in [-0.39, 0.29) is 32.3 Å². The zero-order valence-electron chi connectivity index (χ0n) is 10.9. The van der Waals surface area contributed by atoms with E-state index < -0.39 is 37.3 Å². The van der Waals surface area contributed by atoms with Crippen molar-refractivity contribution in [1.82, 2.24) is 0 Å². The SMILES string of the molecule is CCOC(=O)CCC(F)(F)CCCCCC(F)(F)F. The minimum Gasteiger partial charge on any atom is -0.466 e. The Hall–Kier alpha value is -0.880. The summed E-state index contributed by atoms with van der Waals surface area (Å²) in [6.07, 6.45) is -6.68. The van der Waals surface area contributed by atoms with Crippen molar-refractivity contribution in [3.63, 3.8) is 0 Å². The second kappa shape index (κ2) is 8.32. The molecule has 0 atom stereocenters. The molecule has 0 aliphatic carbocycles. The fraction of sp³-hybridized carbons (Fsp3) is 0.917. The van der Waals surface area contributed by atoms with Crippen LogP contribution < -0.4 is 0 Å². The van der Waals surface area contributed by atoms with E-state index in [1.54, 1.807) is 6.92 Å². The van der Waals surface area contributed by atoms with Crippen LogP contribution in [0.2, 0.25) is 0 Å². The van der Waals surface area contributed by atoms with Crippen LogP contribution in [0, 0.1) is 0 Å². The first-order chi connectivity index (χ1) is 8.66. The van der Waals surface area contributed by atoms with Gasteiger partial charge in [-0.2, -0.15) is 13.2 Å². The lowest BCUT2D eigenvalue weighted by atomic mass is 10.0. The van der Waals surface area contributed by atoms with Crippen molar-refractivity contribution < 1.29 is 31.5 Å². The van der Waals surface area contributed by atoms with Gasteiger partial charge in [0, 0.05) is 19.3 Å². The lowest BCUT2D eigenvalue weighted by molar-refractivity contribution is -0.145. The first kappa shape index (κ1) is 18.1. The predicted molar refractivity (Wildman–Crippen MR) is 60.0 cm³/mol. The smallest absolute Gasteiger partial charge is 0.389 e. The number of hydrogen-bond donors (Lipinski definition) is 0. The molecule has 0 rings (SSSR count). The van der Waals surface area contributed by atoms with Crippen LogP contribution in [0.4, 0.5) is 22.0 Å². The Morgan fingerprint density at radius 2 is 1.53 bits per heavy atom. The minimum atomic E-state index is -4.23. The van der Waals surface area contributed by atoms with Gasteiger partial charge in [-0.25, -0.2) is 8.78 Å². The van der Waals surface area contributed by atoms with Gasteiger partial charge in [-0.3, -0.25) is 4.79 Å². The Morgan fingerprint density at radius 1 is 0.947 bits per heavy atom. The minimum absolute atomic E-state index is 0.0197. The summed E-state index contributed by atoms with van der Waals surface area (Å²) >= 11 is 0. The highest BCUT2D eigenvalue weighted by Gasteiger charge is 2.30. The number of alkyl halides is 5. The Labute approximate surface area is 109 Å². The van der Waals surface area contributed by atoms with Gasteiger partial charge in [0.2, 0.25) is 5.92 Å². The van der Waals surface area contributed by atoms with Gasteiger partial charge in [0.1, 0.15) is 0 Å². The molecular weight excluding hydrogens is 271 g/mol. The van der Waals surface area contributed by atoms with Crippen LogP contribution in [0.25, 0.3) is 0 Å². The van der Waals surface area contributed by atoms with E-state index in [2.05, 4.69) is 4.74 Å². The Morgan fingerprint density at radius 3 is 2.05 bits per heavy atom. The zero-order chi connectivity index (χ0) is 14.9. The number of halogens is 5. The summed E-state index contributed by atoms with van der Waals surface area (Å²) < 4.78 is 66.4. The van der Waals surface area contributed by atoms with Gasteiger partial charge in [0.15, 0.2) is 0 Å². The van der Waals surface area contributed by atoms with Gasteiger partial charge in [-0.1, -0.05) is 6.42 Å². The van der Waals surface area contributed by atoms with Crippen molar-refractivity contribution in [2.24, 2.45) is 0 Å². The van der Waals surface area contributed by atoms with Gasteiger partial charge >= 0.3 is 12.1 Å². The molecule has 0 aromatic carbocycles. The van der Waals surface area contributed by atoms with Gasteiger partial charge in [-0.05, 0) is 19.8 Å². The van der Waals surface area contributed by atoms with Crippen LogP contribution in [0.1, 0.15) is 51.9 Å². The second-order valence-corrected chi connectivity index (χ2v) is 4.34. The number of hydrogen-bond acceptors (Lipinski definition) is 2. The van der Waals surface area contributed by atoms with Gasteiger partial charge in [-0.15, -0.1) is 0 Å². The van der Waals surface area contributed by atoms with E-state index in [4.69, 9.17) is 0 Å². The first-order valence-electron chi connectivity index (χ1n) is 6.26. The standard InChI is InChI=1S/C12H19F5O2/c1-2-19-10(18)6-9-11(13,14)7-4-3-5-8-12(15,16)17/h2-9H2,1H3. The molecule has 0 saturated heterocycles. The summed E-state index contributed by atoms with van der Waals surface area (Å²) in [5.74, 6) is -3.70. The summed E-state index contributed by atoms with van der Waals surface area (Å²) in [6.45, 7) is 1.72. The van der Waals surface area contributed by atoms with Crippen LogP contribution in [-0.4, -0.2) is 24.7 Å². The monoisotopic (exact) mass is 290 g/mol. The number of carbonyl (C=O) groups excluding carboxylic acids is 1. The van der Waals surface area contributed by atoms with Gasteiger partial charge in [0.25, 0.3) is 0 Å². The molecule has 0 radical (unpaired) electrons. The van der Waals surface area contributed by atoms with E-state index in [0.717, 1.165) is 0 Å². The average molecular weight is 290 g/mol. The van der Waals surface area contributed by atoms with Crippen molar-refractivity contribution in [2.45, 2.75) is 64.0 Å². The van der Waals surface area contributed by atoms with Crippen LogP contribution in [0.3, 0.4) is 0 Å². The van der Waals surface area contributed by atoms with Gasteiger partial charge in [0.05, 0.1) is 13.0 Å². The number of esters is 1. The van der Waals surface area contributed by atoms with Crippen LogP contribution in [-0.2, 0) is 9.53 Å². The first-order valence-corrected chi connectivity index (χ1v) is 6.26. The number of rotatable bonds is 9. The number of carbonyl (C=O) groups is 1. The highest BCUT2D eigenvalue weighted by atomic mass is 19.4. The summed E-state index contributed by atoms with van der Waals surface area (Å²) in [6, 6.07) is 0. The Balaban J connectivity index is 3.70. The molecule has 0 unspecified atom stereocenters. The topological polar surface area (TPSA) is 26.3 Å². The molecule has 0 saturated carbocycles. The van der Waals surface area contributed by atoms with Crippen molar-refractivity contribution in [1.29, 1.82) is 0 Å². The van der Waals surface area contributed by atoms with E-state index in [1.807, 2.05) is 0 Å². The van der Waals surface area contributed by atoms with Crippen molar-refractivity contribution in [3.8, 4) is 0 Å². The molecular formula is C12H19F5O2. The van der Waals surface area contributed by atoms with Crippen LogP contribution in [0.15, 0.2) is 0 Å². The summed E-state index contributed by atoms with van der Waals surface area (Å²) in [5, 5.41) is 0. The third-order valence-corrected chi connectivity index (χ3v) is 2.50. The van der Waals surface area contributed by atoms with E-state index >= 15 is 0 Å². The predicted octanol–water partition coefficient (Wildman–Crippen LogP) is 4.48. The maximum Gasteiger partial charge on any atom is 0.389 e. The molecule has 19 heavy (non-hydrogen) atoms. The molecule has 114 valence electrons. The number of unbranched alkanes of at least 4 members (excludes halogenated alkanes) is 2. The Bertz CT molecular complexity index is 263. The molecule has 7 heteroatoms. The third-order valence-electron chi connectivity index (χ3n) is 2.50. The maximum absolute atomic E-state index is 13.3. The molecule has 0 fully saturated rings. The summed E-state index contributed by atoms with van der Waals surface area (Å²) in [5.41, 5.74) is 0. The third kappa shape index (κ3) is 11.9. The summed E-state index contributed by atoms with van der Waals surface area (Å²) in [4.78, 5) is 10.9. The van der Waals surface area contributed by atoms with Crippen LogP contribution in [0.5, 0.6) is 0 Å². The molecule has 0 aliphatic heterocycles. The molecule has 0 N–H and O–H groups in total. The fourth-order valence-electron chi connectivity index (χ4n) is 1.53. The lowest BCUT2D eigenvalue weighted by Crippen LogP contribution is -2.18. The van der Waals surface area contributed by atoms with Gasteiger partial charge < -0.3 is 4.74 Å².